The average molecular weight is 235 g/mol. The number of hydrogen-bond donors (Lipinski definition) is 1. The smallest absolute Gasteiger partial charge is 0.373 e. The standard InChI is InChI=1S/C13H17NO3/c1-2-16-13(15)12(17-9-8-14)10-11-6-4-3-5-7-11/h3-7,10H,2,8-9,14H2,1H3/b12-10+. The number of carbonyl (C=O) groups excluding carboxylic acids is 1. The molecule has 0 aliphatic rings. The van der Waals surface area contributed by atoms with Gasteiger partial charge in [0.25, 0.3) is 0 Å². The Morgan fingerprint density at radius 1 is 1.29 bits per heavy atom. The zero-order chi connectivity index (χ0) is 12.5. The molecule has 4 nitrogen and oxygen atoms in total. The lowest BCUT2D eigenvalue weighted by Gasteiger charge is -2.08. The Kier molecular flexibility index (Phi) is 5.82. The minimum Gasteiger partial charge on any atom is -0.485 e. The van der Waals surface area contributed by atoms with Crippen molar-refractivity contribution >= 4 is 12.0 Å². The van der Waals surface area contributed by atoms with Crippen LogP contribution in [-0.4, -0.2) is 25.7 Å². The van der Waals surface area contributed by atoms with Crippen molar-refractivity contribution < 1.29 is 14.3 Å². The Hall–Kier alpha value is -1.81. The lowest BCUT2D eigenvalue weighted by atomic mass is 10.2. The molecule has 4 heteroatoms. The van der Waals surface area contributed by atoms with Crippen LogP contribution in [0.2, 0.25) is 0 Å². The predicted octanol–water partition coefficient (Wildman–Crippen LogP) is 1.57. The van der Waals surface area contributed by atoms with Gasteiger partial charge in [-0.25, -0.2) is 4.79 Å². The van der Waals surface area contributed by atoms with Crippen molar-refractivity contribution in [1.82, 2.24) is 0 Å². The summed E-state index contributed by atoms with van der Waals surface area (Å²) in [4.78, 5) is 11.6. The Bertz CT molecular complexity index is 374. The highest BCUT2D eigenvalue weighted by atomic mass is 16.6. The van der Waals surface area contributed by atoms with E-state index in [1.54, 1.807) is 13.0 Å². The summed E-state index contributed by atoms with van der Waals surface area (Å²) < 4.78 is 10.2. The molecule has 0 amide bonds. The Labute approximate surface area is 101 Å². The highest BCUT2D eigenvalue weighted by Crippen LogP contribution is 2.09. The van der Waals surface area contributed by atoms with Crippen LogP contribution in [0.5, 0.6) is 0 Å². The fourth-order valence-corrected chi connectivity index (χ4v) is 1.23. The predicted molar refractivity (Wildman–Crippen MR) is 66.1 cm³/mol. The van der Waals surface area contributed by atoms with Crippen molar-refractivity contribution in [1.29, 1.82) is 0 Å². The fourth-order valence-electron chi connectivity index (χ4n) is 1.23. The summed E-state index contributed by atoms with van der Waals surface area (Å²) >= 11 is 0. The van der Waals surface area contributed by atoms with Crippen molar-refractivity contribution in [2.75, 3.05) is 19.8 Å². The van der Waals surface area contributed by atoms with Gasteiger partial charge in [0.05, 0.1) is 6.61 Å². The van der Waals surface area contributed by atoms with E-state index in [0.717, 1.165) is 5.56 Å². The van der Waals surface area contributed by atoms with Crippen LogP contribution in [0, 0.1) is 0 Å². The molecule has 1 rings (SSSR count). The molecule has 0 bridgehead atoms. The Morgan fingerprint density at radius 2 is 2.00 bits per heavy atom. The highest BCUT2D eigenvalue weighted by Gasteiger charge is 2.11. The third-order valence-corrected chi connectivity index (χ3v) is 1.95. The van der Waals surface area contributed by atoms with Crippen LogP contribution in [0.15, 0.2) is 36.1 Å². The quantitative estimate of drug-likeness (QED) is 0.462. The second-order valence-corrected chi connectivity index (χ2v) is 3.28. The van der Waals surface area contributed by atoms with Crippen molar-refractivity contribution in [3.05, 3.63) is 41.7 Å². The third-order valence-electron chi connectivity index (χ3n) is 1.95. The summed E-state index contributed by atoms with van der Waals surface area (Å²) in [6.45, 7) is 2.71. The molecule has 17 heavy (non-hydrogen) atoms. The van der Waals surface area contributed by atoms with E-state index in [0.29, 0.717) is 13.2 Å². The normalized spacial score (nSPS) is 11.1. The monoisotopic (exact) mass is 235 g/mol. The molecule has 0 heterocycles. The van der Waals surface area contributed by atoms with E-state index in [2.05, 4.69) is 0 Å². The van der Waals surface area contributed by atoms with Gasteiger partial charge >= 0.3 is 5.97 Å². The molecular formula is C13H17NO3. The fraction of sp³-hybridized carbons (Fsp3) is 0.308. The minimum atomic E-state index is -0.468. The molecule has 0 aromatic heterocycles. The molecule has 2 N–H and O–H groups in total. The number of benzene rings is 1. The molecule has 0 aliphatic carbocycles. The highest BCUT2D eigenvalue weighted by molar-refractivity contribution is 5.91. The first-order valence-electron chi connectivity index (χ1n) is 5.54. The van der Waals surface area contributed by atoms with Gasteiger partial charge in [-0.3, -0.25) is 0 Å². The summed E-state index contributed by atoms with van der Waals surface area (Å²) in [5.41, 5.74) is 6.22. The van der Waals surface area contributed by atoms with Gasteiger partial charge in [0.2, 0.25) is 5.76 Å². The Balaban J connectivity index is 2.81. The maximum absolute atomic E-state index is 11.6. The van der Waals surface area contributed by atoms with E-state index in [-0.39, 0.29) is 12.4 Å². The molecule has 0 saturated heterocycles. The van der Waals surface area contributed by atoms with Crippen LogP contribution in [0.3, 0.4) is 0 Å². The van der Waals surface area contributed by atoms with Gasteiger partial charge in [0.15, 0.2) is 0 Å². The summed E-state index contributed by atoms with van der Waals surface area (Å²) in [6.07, 6.45) is 1.65. The maximum atomic E-state index is 11.6. The zero-order valence-corrected chi connectivity index (χ0v) is 9.89. The van der Waals surface area contributed by atoms with Gasteiger partial charge in [-0.2, -0.15) is 0 Å². The van der Waals surface area contributed by atoms with Gasteiger partial charge in [-0.15, -0.1) is 0 Å². The summed E-state index contributed by atoms with van der Waals surface area (Å²) in [5, 5.41) is 0. The van der Waals surface area contributed by atoms with E-state index in [1.165, 1.54) is 0 Å². The van der Waals surface area contributed by atoms with Gasteiger partial charge in [-0.05, 0) is 18.6 Å². The van der Waals surface area contributed by atoms with Gasteiger partial charge in [0, 0.05) is 6.54 Å². The van der Waals surface area contributed by atoms with Crippen molar-refractivity contribution in [2.24, 2.45) is 5.73 Å². The van der Waals surface area contributed by atoms with Crippen molar-refractivity contribution in [2.45, 2.75) is 6.92 Å². The lowest BCUT2D eigenvalue weighted by Crippen LogP contribution is -2.15. The molecule has 0 atom stereocenters. The summed E-state index contributed by atoms with van der Waals surface area (Å²) in [7, 11) is 0. The molecule has 0 spiro atoms. The summed E-state index contributed by atoms with van der Waals surface area (Å²) in [6, 6.07) is 9.44. The van der Waals surface area contributed by atoms with Crippen molar-refractivity contribution in [3.63, 3.8) is 0 Å². The molecule has 1 aromatic carbocycles. The number of hydrogen-bond acceptors (Lipinski definition) is 4. The van der Waals surface area contributed by atoms with E-state index in [9.17, 15) is 4.79 Å². The molecule has 0 radical (unpaired) electrons. The second kappa shape index (κ2) is 7.46. The molecular weight excluding hydrogens is 218 g/mol. The van der Waals surface area contributed by atoms with E-state index in [1.807, 2.05) is 30.3 Å². The van der Waals surface area contributed by atoms with Gasteiger partial charge in [-0.1, -0.05) is 30.3 Å². The molecule has 1 aromatic rings. The van der Waals surface area contributed by atoms with Crippen LogP contribution in [0.4, 0.5) is 0 Å². The number of rotatable bonds is 6. The molecule has 92 valence electrons. The van der Waals surface area contributed by atoms with E-state index >= 15 is 0 Å². The molecule has 0 aliphatic heterocycles. The first-order chi connectivity index (χ1) is 8.27. The number of ether oxygens (including phenoxy) is 2. The third kappa shape index (κ3) is 4.70. The topological polar surface area (TPSA) is 61.5 Å². The van der Waals surface area contributed by atoms with Crippen LogP contribution >= 0.6 is 0 Å². The summed E-state index contributed by atoms with van der Waals surface area (Å²) in [5.74, 6) is -0.284. The van der Waals surface area contributed by atoms with E-state index < -0.39 is 5.97 Å². The zero-order valence-electron chi connectivity index (χ0n) is 9.89. The van der Waals surface area contributed by atoms with E-state index in [4.69, 9.17) is 15.2 Å². The molecule has 0 fully saturated rings. The van der Waals surface area contributed by atoms with Gasteiger partial charge < -0.3 is 15.2 Å². The second-order valence-electron chi connectivity index (χ2n) is 3.28. The first-order valence-corrected chi connectivity index (χ1v) is 5.54. The first kappa shape index (κ1) is 13.3. The average Bonchev–Trinajstić information content (AvgIpc) is 2.36. The lowest BCUT2D eigenvalue weighted by molar-refractivity contribution is -0.142. The molecule has 0 saturated carbocycles. The molecule has 0 unspecified atom stereocenters. The van der Waals surface area contributed by atoms with Crippen LogP contribution in [0.25, 0.3) is 6.08 Å². The van der Waals surface area contributed by atoms with Crippen LogP contribution < -0.4 is 5.73 Å². The number of nitrogens with two attached hydrogens (primary N) is 1. The maximum Gasteiger partial charge on any atom is 0.373 e. The van der Waals surface area contributed by atoms with Crippen LogP contribution in [0.1, 0.15) is 12.5 Å². The SMILES string of the molecule is CCOC(=O)/C(=C\c1ccccc1)OCCN. The Morgan fingerprint density at radius 3 is 2.59 bits per heavy atom. The number of esters is 1. The largest absolute Gasteiger partial charge is 0.485 e. The number of carbonyl (C=O) groups is 1. The minimum absolute atomic E-state index is 0.184. The van der Waals surface area contributed by atoms with Crippen molar-refractivity contribution in [3.8, 4) is 0 Å². The van der Waals surface area contributed by atoms with Crippen LogP contribution in [-0.2, 0) is 14.3 Å². The van der Waals surface area contributed by atoms with Gasteiger partial charge in [0.1, 0.15) is 6.61 Å².